The zero-order valence-electron chi connectivity index (χ0n) is 10.1. The highest BCUT2D eigenvalue weighted by Gasteiger charge is 2.29. The van der Waals surface area contributed by atoms with E-state index in [2.05, 4.69) is 15.4 Å². The molecule has 1 atom stereocenters. The van der Waals surface area contributed by atoms with Gasteiger partial charge in [0.15, 0.2) is 0 Å². The number of amides is 2. The highest BCUT2D eigenvalue weighted by molar-refractivity contribution is 5.98. The van der Waals surface area contributed by atoms with Crippen LogP contribution in [0.3, 0.4) is 0 Å². The van der Waals surface area contributed by atoms with Crippen molar-refractivity contribution in [3.8, 4) is 5.75 Å². The Balaban J connectivity index is 2.11. The minimum absolute atomic E-state index is 0.0405. The molecular formula is C12H14N2O4. The quantitative estimate of drug-likeness (QED) is 0.840. The normalized spacial score (nSPS) is 17.9. The Morgan fingerprint density at radius 3 is 2.94 bits per heavy atom. The van der Waals surface area contributed by atoms with Gasteiger partial charge in [-0.1, -0.05) is 6.07 Å². The Morgan fingerprint density at radius 2 is 2.33 bits per heavy atom. The molecule has 0 spiro atoms. The maximum absolute atomic E-state index is 11.9. The predicted octanol–water partition coefficient (Wildman–Crippen LogP) is 1.05. The van der Waals surface area contributed by atoms with Gasteiger partial charge in [-0.05, 0) is 24.6 Å². The molecule has 1 heterocycles. The smallest absolute Gasteiger partial charge is 0.407 e. The van der Waals surface area contributed by atoms with Crippen LogP contribution in [0.4, 0.5) is 10.5 Å². The van der Waals surface area contributed by atoms with Crippen LogP contribution in [-0.2, 0) is 9.53 Å². The number of ether oxygens (including phenoxy) is 2. The summed E-state index contributed by atoms with van der Waals surface area (Å²) in [5, 5.41) is 5.12. The Hall–Kier alpha value is -2.24. The molecule has 0 aliphatic carbocycles. The number of carbonyl (C=O) groups excluding carboxylic acids is 2. The molecule has 0 bridgehead atoms. The van der Waals surface area contributed by atoms with Gasteiger partial charge in [0.25, 0.3) is 5.91 Å². The highest BCUT2D eigenvalue weighted by atomic mass is 16.6. The van der Waals surface area contributed by atoms with E-state index >= 15 is 0 Å². The number of rotatable bonds is 3. The van der Waals surface area contributed by atoms with Crippen LogP contribution < -0.4 is 15.4 Å². The van der Waals surface area contributed by atoms with Gasteiger partial charge >= 0.3 is 6.09 Å². The van der Waals surface area contributed by atoms with E-state index in [9.17, 15) is 9.59 Å². The van der Waals surface area contributed by atoms with Crippen molar-refractivity contribution < 1.29 is 19.1 Å². The molecule has 96 valence electrons. The van der Waals surface area contributed by atoms with Crippen LogP contribution in [0.1, 0.15) is 5.56 Å². The molecule has 1 aromatic carbocycles. The summed E-state index contributed by atoms with van der Waals surface area (Å²) in [7, 11) is 1.53. The zero-order valence-corrected chi connectivity index (χ0v) is 10.1. The van der Waals surface area contributed by atoms with Gasteiger partial charge in [-0.3, -0.25) is 4.79 Å². The Kier molecular flexibility index (Phi) is 3.36. The summed E-state index contributed by atoms with van der Waals surface area (Å²) in [6.07, 6.45) is -0.577. The van der Waals surface area contributed by atoms with E-state index < -0.39 is 12.1 Å². The van der Waals surface area contributed by atoms with Crippen LogP contribution in [0, 0.1) is 6.92 Å². The van der Waals surface area contributed by atoms with Crippen LogP contribution in [0.5, 0.6) is 5.75 Å². The second-order valence-electron chi connectivity index (χ2n) is 3.99. The summed E-state index contributed by atoms with van der Waals surface area (Å²) >= 11 is 0. The number of anilines is 1. The van der Waals surface area contributed by atoms with Gasteiger partial charge < -0.3 is 20.1 Å². The SMILES string of the molecule is COc1ccc(C)cc1NC(=O)C1COC(=O)N1. The summed E-state index contributed by atoms with van der Waals surface area (Å²) in [5.74, 6) is 0.240. The molecule has 0 saturated carbocycles. The van der Waals surface area contributed by atoms with Crippen molar-refractivity contribution in [2.75, 3.05) is 19.0 Å². The van der Waals surface area contributed by atoms with Gasteiger partial charge in [-0.2, -0.15) is 0 Å². The molecule has 2 amide bonds. The molecule has 1 unspecified atom stereocenters. The Morgan fingerprint density at radius 1 is 1.56 bits per heavy atom. The molecule has 1 aliphatic rings. The van der Waals surface area contributed by atoms with Crippen molar-refractivity contribution in [2.24, 2.45) is 0 Å². The Bertz CT molecular complexity index is 487. The third-order valence-corrected chi connectivity index (χ3v) is 2.60. The number of nitrogens with one attached hydrogen (secondary N) is 2. The van der Waals surface area contributed by atoms with E-state index in [1.54, 1.807) is 12.1 Å². The van der Waals surface area contributed by atoms with Crippen LogP contribution in [-0.4, -0.2) is 31.8 Å². The second-order valence-corrected chi connectivity index (χ2v) is 3.99. The first-order valence-corrected chi connectivity index (χ1v) is 5.49. The number of hydrogen-bond acceptors (Lipinski definition) is 4. The summed E-state index contributed by atoms with van der Waals surface area (Å²) in [6, 6.07) is 4.79. The summed E-state index contributed by atoms with van der Waals surface area (Å²) in [4.78, 5) is 22.7. The van der Waals surface area contributed by atoms with Crippen molar-refractivity contribution in [1.82, 2.24) is 5.32 Å². The number of alkyl carbamates (subject to hydrolysis) is 1. The molecule has 6 heteroatoms. The maximum Gasteiger partial charge on any atom is 0.407 e. The predicted molar refractivity (Wildman–Crippen MR) is 64.6 cm³/mol. The number of aryl methyl sites for hydroxylation is 1. The van der Waals surface area contributed by atoms with Crippen LogP contribution in [0.15, 0.2) is 18.2 Å². The summed E-state index contributed by atoms with van der Waals surface area (Å²) < 4.78 is 9.81. The van der Waals surface area contributed by atoms with E-state index in [1.165, 1.54) is 7.11 Å². The summed E-state index contributed by atoms with van der Waals surface area (Å²) in [5.41, 5.74) is 1.57. The number of methoxy groups -OCH3 is 1. The zero-order chi connectivity index (χ0) is 13.1. The van der Waals surface area contributed by atoms with Gasteiger partial charge in [0, 0.05) is 0 Å². The lowest BCUT2D eigenvalue weighted by atomic mass is 10.2. The second kappa shape index (κ2) is 4.95. The van der Waals surface area contributed by atoms with E-state index in [0.29, 0.717) is 11.4 Å². The average molecular weight is 250 g/mol. The van der Waals surface area contributed by atoms with Crippen molar-refractivity contribution in [3.63, 3.8) is 0 Å². The largest absolute Gasteiger partial charge is 0.495 e. The molecule has 2 N–H and O–H groups in total. The standard InChI is InChI=1S/C12H14N2O4/c1-7-3-4-10(17-2)8(5-7)13-11(15)9-6-18-12(16)14-9/h3-5,9H,6H2,1-2H3,(H,13,15)(H,14,16). The first-order valence-electron chi connectivity index (χ1n) is 5.49. The lowest BCUT2D eigenvalue weighted by Gasteiger charge is -2.13. The molecule has 0 radical (unpaired) electrons. The van der Waals surface area contributed by atoms with E-state index in [0.717, 1.165) is 5.56 Å². The van der Waals surface area contributed by atoms with Crippen molar-refractivity contribution >= 4 is 17.7 Å². The lowest BCUT2D eigenvalue weighted by molar-refractivity contribution is -0.117. The molecule has 2 rings (SSSR count). The third-order valence-electron chi connectivity index (χ3n) is 2.60. The van der Waals surface area contributed by atoms with Gasteiger partial charge in [0.2, 0.25) is 0 Å². The number of carbonyl (C=O) groups is 2. The third kappa shape index (κ3) is 2.53. The molecule has 1 saturated heterocycles. The van der Waals surface area contributed by atoms with E-state index in [-0.39, 0.29) is 12.5 Å². The number of benzene rings is 1. The van der Waals surface area contributed by atoms with E-state index in [4.69, 9.17) is 4.74 Å². The molecule has 6 nitrogen and oxygen atoms in total. The van der Waals surface area contributed by atoms with E-state index in [1.807, 2.05) is 13.0 Å². The highest BCUT2D eigenvalue weighted by Crippen LogP contribution is 2.25. The molecule has 1 fully saturated rings. The molecule has 1 aromatic rings. The molecular weight excluding hydrogens is 236 g/mol. The first-order chi connectivity index (χ1) is 8.60. The van der Waals surface area contributed by atoms with Crippen LogP contribution >= 0.6 is 0 Å². The monoisotopic (exact) mass is 250 g/mol. The van der Waals surface area contributed by atoms with Crippen molar-refractivity contribution in [3.05, 3.63) is 23.8 Å². The maximum atomic E-state index is 11.9. The topological polar surface area (TPSA) is 76.7 Å². The van der Waals surface area contributed by atoms with Gasteiger partial charge in [-0.25, -0.2) is 4.79 Å². The first kappa shape index (κ1) is 12.2. The number of hydrogen-bond donors (Lipinski definition) is 2. The Labute approximate surface area is 104 Å². The average Bonchev–Trinajstić information content (AvgIpc) is 2.76. The molecule has 1 aliphatic heterocycles. The lowest BCUT2D eigenvalue weighted by Crippen LogP contribution is -2.38. The van der Waals surface area contributed by atoms with Crippen LogP contribution in [0.25, 0.3) is 0 Å². The fourth-order valence-corrected chi connectivity index (χ4v) is 1.67. The number of cyclic esters (lactones) is 1. The fourth-order valence-electron chi connectivity index (χ4n) is 1.67. The fraction of sp³-hybridized carbons (Fsp3) is 0.333. The molecule has 0 aromatic heterocycles. The van der Waals surface area contributed by atoms with Gasteiger partial charge in [0.1, 0.15) is 18.4 Å². The van der Waals surface area contributed by atoms with Gasteiger partial charge in [-0.15, -0.1) is 0 Å². The molecule has 18 heavy (non-hydrogen) atoms. The van der Waals surface area contributed by atoms with Crippen molar-refractivity contribution in [1.29, 1.82) is 0 Å². The van der Waals surface area contributed by atoms with Gasteiger partial charge in [0.05, 0.1) is 12.8 Å². The minimum Gasteiger partial charge on any atom is -0.495 e. The van der Waals surface area contributed by atoms with Crippen LogP contribution in [0.2, 0.25) is 0 Å². The van der Waals surface area contributed by atoms with Crippen molar-refractivity contribution in [2.45, 2.75) is 13.0 Å². The summed E-state index contributed by atoms with van der Waals surface area (Å²) in [6.45, 7) is 1.95. The minimum atomic E-state index is -0.664.